The number of hydrogen-bond acceptors (Lipinski definition) is 7. The third-order valence-corrected chi connectivity index (χ3v) is 6.68. The van der Waals surface area contributed by atoms with E-state index in [1.165, 1.54) is 0 Å². The lowest BCUT2D eigenvalue weighted by molar-refractivity contribution is 0.356. The first kappa shape index (κ1) is 21.7. The van der Waals surface area contributed by atoms with E-state index in [1.54, 1.807) is 20.4 Å². The van der Waals surface area contributed by atoms with Gasteiger partial charge in [-0.2, -0.15) is 15.5 Å². The number of anilines is 1. The zero-order chi connectivity index (χ0) is 23.5. The first-order valence-electron chi connectivity index (χ1n) is 11.2. The predicted molar refractivity (Wildman–Crippen MR) is 131 cm³/mol. The monoisotopic (exact) mass is 451 g/mol. The summed E-state index contributed by atoms with van der Waals surface area (Å²) in [5.74, 6) is 2.17. The number of piperidine rings is 1. The van der Waals surface area contributed by atoms with E-state index in [4.69, 9.17) is 14.5 Å². The minimum Gasteiger partial charge on any atom is -0.493 e. The topological polar surface area (TPSA) is 84.2 Å². The highest BCUT2D eigenvalue weighted by Crippen LogP contribution is 2.38. The predicted octanol–water partition coefficient (Wildman–Crippen LogP) is 4.77. The molecule has 0 aliphatic carbocycles. The molecule has 0 unspecified atom stereocenters. The van der Waals surface area contributed by atoms with Gasteiger partial charge in [0, 0.05) is 41.9 Å². The number of rotatable bonds is 5. The van der Waals surface area contributed by atoms with Crippen molar-refractivity contribution in [2.75, 3.05) is 32.2 Å². The average Bonchev–Trinajstić information content (AvgIpc) is 2.92. The van der Waals surface area contributed by atoms with Crippen molar-refractivity contribution in [3.05, 3.63) is 72.6 Å². The number of nitriles is 1. The van der Waals surface area contributed by atoms with Crippen LogP contribution in [0.5, 0.6) is 11.5 Å². The minimum atomic E-state index is -0.431. The third kappa shape index (κ3) is 3.77. The maximum Gasteiger partial charge on any atom is 0.162 e. The van der Waals surface area contributed by atoms with E-state index in [-0.39, 0.29) is 0 Å². The van der Waals surface area contributed by atoms with Crippen molar-refractivity contribution >= 4 is 16.7 Å². The van der Waals surface area contributed by atoms with Crippen LogP contribution in [0.25, 0.3) is 22.0 Å². The molecule has 5 rings (SSSR count). The Labute approximate surface area is 198 Å². The maximum absolute atomic E-state index is 9.96. The number of fused-ring (bicyclic) bond motifs is 1. The minimum absolute atomic E-state index is 0.431. The number of benzene rings is 2. The highest BCUT2D eigenvalue weighted by Gasteiger charge is 2.36. The van der Waals surface area contributed by atoms with E-state index < -0.39 is 5.41 Å². The molecule has 7 nitrogen and oxygen atoms in total. The lowest BCUT2D eigenvalue weighted by atomic mass is 9.74. The Morgan fingerprint density at radius 3 is 2.32 bits per heavy atom. The molecule has 1 fully saturated rings. The van der Waals surface area contributed by atoms with E-state index in [0.29, 0.717) is 11.5 Å². The van der Waals surface area contributed by atoms with E-state index in [2.05, 4.69) is 39.4 Å². The van der Waals surface area contributed by atoms with E-state index in [0.717, 1.165) is 59.3 Å². The van der Waals surface area contributed by atoms with Crippen LogP contribution >= 0.6 is 0 Å². The quantitative estimate of drug-likeness (QED) is 0.432. The van der Waals surface area contributed by atoms with Crippen LogP contribution in [-0.4, -0.2) is 42.5 Å². The summed E-state index contributed by atoms with van der Waals surface area (Å²) in [5, 5.41) is 19.3. The van der Waals surface area contributed by atoms with Gasteiger partial charge in [-0.15, -0.1) is 0 Å². The molecule has 4 aromatic rings. The molecule has 0 N–H and O–H groups in total. The molecule has 7 heteroatoms. The van der Waals surface area contributed by atoms with Gasteiger partial charge in [0.1, 0.15) is 5.82 Å². The van der Waals surface area contributed by atoms with Crippen molar-refractivity contribution in [2.45, 2.75) is 18.3 Å². The van der Waals surface area contributed by atoms with Crippen LogP contribution in [0.1, 0.15) is 18.4 Å². The van der Waals surface area contributed by atoms with E-state index in [9.17, 15) is 5.26 Å². The molecule has 1 aliphatic rings. The number of methoxy groups -OCH3 is 2. The molecular formula is C27H25N5O2. The number of pyridine rings is 1. The maximum atomic E-state index is 9.96. The van der Waals surface area contributed by atoms with Crippen LogP contribution in [0.3, 0.4) is 0 Å². The molecule has 1 saturated heterocycles. The molecule has 170 valence electrons. The van der Waals surface area contributed by atoms with Gasteiger partial charge in [0.15, 0.2) is 11.5 Å². The number of hydrogen-bond donors (Lipinski definition) is 0. The van der Waals surface area contributed by atoms with E-state index in [1.807, 2.05) is 42.6 Å². The summed E-state index contributed by atoms with van der Waals surface area (Å²) in [5.41, 5.74) is 3.27. The van der Waals surface area contributed by atoms with Gasteiger partial charge in [0.25, 0.3) is 0 Å². The number of ether oxygens (including phenoxy) is 2. The summed E-state index contributed by atoms with van der Waals surface area (Å²) in [6.07, 6.45) is 5.16. The van der Waals surface area contributed by atoms with Crippen LogP contribution in [-0.2, 0) is 5.41 Å². The fourth-order valence-corrected chi connectivity index (χ4v) is 4.69. The van der Waals surface area contributed by atoms with Crippen LogP contribution in [0.4, 0.5) is 5.82 Å². The largest absolute Gasteiger partial charge is 0.493 e. The smallest absolute Gasteiger partial charge is 0.162 e. The zero-order valence-electron chi connectivity index (χ0n) is 19.2. The van der Waals surface area contributed by atoms with Gasteiger partial charge in [-0.05, 0) is 36.6 Å². The summed E-state index contributed by atoms with van der Waals surface area (Å²) < 4.78 is 10.9. The van der Waals surface area contributed by atoms with Gasteiger partial charge in [-0.3, -0.25) is 0 Å². The highest BCUT2D eigenvalue weighted by atomic mass is 16.5. The fourth-order valence-electron chi connectivity index (χ4n) is 4.69. The zero-order valence-corrected chi connectivity index (χ0v) is 19.2. The first-order valence-corrected chi connectivity index (χ1v) is 11.2. The van der Waals surface area contributed by atoms with Crippen molar-refractivity contribution in [2.24, 2.45) is 0 Å². The first-order chi connectivity index (χ1) is 16.7. The summed E-state index contributed by atoms with van der Waals surface area (Å²) in [6, 6.07) is 20.5. The van der Waals surface area contributed by atoms with Gasteiger partial charge < -0.3 is 14.4 Å². The van der Waals surface area contributed by atoms with Crippen LogP contribution in [0.15, 0.2) is 67.0 Å². The standard InChI is InChI=1S/C27H25N5O2/c1-33-24-14-21-22(17-30-31-23(21)15-25(24)34-2)19-8-9-26(29-16-19)32-12-10-27(18-28,11-13-32)20-6-4-3-5-7-20/h3-9,14-17H,10-13H2,1-2H3. The molecule has 0 atom stereocenters. The Morgan fingerprint density at radius 2 is 1.68 bits per heavy atom. The number of nitrogens with zero attached hydrogens (tertiary/aromatic N) is 5. The van der Waals surface area contributed by atoms with Gasteiger partial charge in [-0.1, -0.05) is 30.3 Å². The van der Waals surface area contributed by atoms with E-state index >= 15 is 0 Å². The lowest BCUT2D eigenvalue weighted by Gasteiger charge is -2.38. The Kier molecular flexibility index (Phi) is 5.72. The molecule has 3 heterocycles. The average molecular weight is 452 g/mol. The highest BCUT2D eigenvalue weighted by molar-refractivity contribution is 5.95. The molecule has 2 aromatic heterocycles. The normalized spacial score (nSPS) is 15.0. The Hall–Kier alpha value is -4.18. The van der Waals surface area contributed by atoms with Gasteiger partial charge in [0.2, 0.25) is 0 Å². The SMILES string of the molecule is COc1cc2nncc(-c3ccc(N4CCC(C#N)(c5ccccc5)CC4)nc3)c2cc1OC. The van der Waals surface area contributed by atoms with Crippen molar-refractivity contribution in [1.29, 1.82) is 5.26 Å². The molecule has 0 bridgehead atoms. The van der Waals surface area contributed by atoms with Gasteiger partial charge in [0.05, 0.1) is 37.4 Å². The second-order valence-corrected chi connectivity index (χ2v) is 8.43. The van der Waals surface area contributed by atoms with Crippen molar-refractivity contribution < 1.29 is 9.47 Å². The summed E-state index contributed by atoms with van der Waals surface area (Å²) in [4.78, 5) is 7.00. The van der Waals surface area contributed by atoms with Crippen LogP contribution < -0.4 is 14.4 Å². The van der Waals surface area contributed by atoms with Crippen molar-refractivity contribution in [1.82, 2.24) is 15.2 Å². The molecule has 0 radical (unpaired) electrons. The Bertz CT molecular complexity index is 1340. The molecule has 2 aromatic carbocycles. The third-order valence-electron chi connectivity index (χ3n) is 6.68. The summed E-state index contributed by atoms with van der Waals surface area (Å²) in [6.45, 7) is 1.57. The second-order valence-electron chi connectivity index (χ2n) is 8.43. The van der Waals surface area contributed by atoms with Crippen molar-refractivity contribution in [3.63, 3.8) is 0 Å². The lowest BCUT2D eigenvalue weighted by Crippen LogP contribution is -2.42. The fraction of sp³-hybridized carbons (Fsp3) is 0.259. The van der Waals surface area contributed by atoms with Crippen LogP contribution in [0.2, 0.25) is 0 Å². The molecule has 0 saturated carbocycles. The molecule has 0 amide bonds. The molecule has 0 spiro atoms. The number of aromatic nitrogens is 3. The van der Waals surface area contributed by atoms with Gasteiger partial charge in [-0.25, -0.2) is 4.98 Å². The molecule has 1 aliphatic heterocycles. The van der Waals surface area contributed by atoms with Crippen molar-refractivity contribution in [3.8, 4) is 28.7 Å². The second kappa shape index (κ2) is 8.99. The molecular weight excluding hydrogens is 426 g/mol. The van der Waals surface area contributed by atoms with Gasteiger partial charge >= 0.3 is 0 Å². The molecule has 34 heavy (non-hydrogen) atoms. The Balaban J connectivity index is 1.39. The summed E-state index contributed by atoms with van der Waals surface area (Å²) >= 11 is 0. The summed E-state index contributed by atoms with van der Waals surface area (Å²) in [7, 11) is 3.22. The van der Waals surface area contributed by atoms with Crippen LogP contribution in [0, 0.1) is 11.3 Å². The Morgan fingerprint density at radius 1 is 0.941 bits per heavy atom.